The number of methoxy groups -OCH3 is 1. The molecule has 2 heterocycles. The van der Waals surface area contributed by atoms with Crippen LogP contribution in [-0.4, -0.2) is 32.1 Å². The summed E-state index contributed by atoms with van der Waals surface area (Å²) >= 11 is 1.57. The number of carbonyl (C=O) groups is 2. The lowest BCUT2D eigenvalue weighted by atomic mass is 10.1. The van der Waals surface area contributed by atoms with Crippen LogP contribution >= 0.6 is 11.3 Å². The van der Waals surface area contributed by atoms with Crippen molar-refractivity contribution < 1.29 is 14.3 Å². The lowest BCUT2D eigenvalue weighted by Crippen LogP contribution is -2.26. The van der Waals surface area contributed by atoms with E-state index in [1.807, 2.05) is 0 Å². The normalized spacial score (nSPS) is 21.4. The van der Waals surface area contributed by atoms with Gasteiger partial charge in [-0.1, -0.05) is 0 Å². The fraction of sp³-hybridized carbons (Fsp3) is 0.571. The molecule has 0 saturated carbocycles. The van der Waals surface area contributed by atoms with Crippen molar-refractivity contribution in [3.05, 3.63) is 16.0 Å². The highest BCUT2D eigenvalue weighted by Crippen LogP contribution is 2.43. The summed E-state index contributed by atoms with van der Waals surface area (Å²) in [5, 5.41) is 0.766. The summed E-state index contributed by atoms with van der Waals surface area (Å²) in [5.74, 6) is -0.0844. The maximum absolute atomic E-state index is 12.2. The van der Waals surface area contributed by atoms with Crippen LogP contribution in [0.3, 0.4) is 0 Å². The van der Waals surface area contributed by atoms with Crippen LogP contribution < -0.4 is 10.6 Å². The molecule has 0 radical (unpaired) electrons. The van der Waals surface area contributed by atoms with Crippen molar-refractivity contribution in [3.8, 4) is 0 Å². The van der Waals surface area contributed by atoms with E-state index in [-0.39, 0.29) is 17.8 Å². The highest BCUT2D eigenvalue weighted by atomic mass is 32.1. The van der Waals surface area contributed by atoms with E-state index in [0.29, 0.717) is 25.1 Å². The van der Waals surface area contributed by atoms with Gasteiger partial charge in [-0.15, -0.1) is 11.3 Å². The minimum Gasteiger partial charge on any atom is -0.465 e. The van der Waals surface area contributed by atoms with E-state index in [9.17, 15) is 9.59 Å². The third kappa shape index (κ3) is 2.03. The molecule has 0 aromatic carbocycles. The van der Waals surface area contributed by atoms with Crippen molar-refractivity contribution in [1.82, 2.24) is 0 Å². The molecule has 108 valence electrons. The minimum absolute atomic E-state index is 0.0607. The molecule has 1 fully saturated rings. The van der Waals surface area contributed by atoms with E-state index in [4.69, 9.17) is 10.5 Å². The second kappa shape index (κ2) is 5.18. The van der Waals surface area contributed by atoms with E-state index in [1.54, 1.807) is 16.2 Å². The van der Waals surface area contributed by atoms with Gasteiger partial charge in [0.1, 0.15) is 5.00 Å². The first-order valence-corrected chi connectivity index (χ1v) is 7.70. The van der Waals surface area contributed by atoms with Gasteiger partial charge in [0.25, 0.3) is 0 Å². The number of aryl methyl sites for hydroxylation is 1. The summed E-state index contributed by atoms with van der Waals surface area (Å²) in [6.07, 6.45) is 3.44. The highest BCUT2D eigenvalue weighted by molar-refractivity contribution is 7.17. The Morgan fingerprint density at radius 1 is 1.50 bits per heavy atom. The molecule has 2 aliphatic rings. The lowest BCUT2D eigenvalue weighted by molar-refractivity contribution is -0.117. The summed E-state index contributed by atoms with van der Waals surface area (Å²) in [7, 11) is 1.39. The van der Waals surface area contributed by atoms with Crippen LogP contribution in [0.4, 0.5) is 5.00 Å². The number of anilines is 1. The Morgan fingerprint density at radius 2 is 2.30 bits per heavy atom. The summed E-state index contributed by atoms with van der Waals surface area (Å²) < 4.78 is 4.91. The minimum atomic E-state index is -0.330. The van der Waals surface area contributed by atoms with Gasteiger partial charge in [0, 0.05) is 17.8 Å². The molecule has 0 spiro atoms. The zero-order valence-corrected chi connectivity index (χ0v) is 12.3. The SMILES string of the molecule is COC(=O)c1c(N2CC(CN)CC2=O)sc2c1CCC2. The lowest BCUT2D eigenvalue weighted by Gasteiger charge is -2.16. The first kappa shape index (κ1) is 13.6. The Hall–Kier alpha value is -1.40. The van der Waals surface area contributed by atoms with Crippen LogP contribution in [0.15, 0.2) is 0 Å². The first-order valence-electron chi connectivity index (χ1n) is 6.89. The van der Waals surface area contributed by atoms with E-state index in [1.165, 1.54) is 12.0 Å². The van der Waals surface area contributed by atoms with Crippen LogP contribution in [-0.2, 0) is 22.4 Å². The highest BCUT2D eigenvalue weighted by Gasteiger charge is 2.36. The zero-order valence-electron chi connectivity index (χ0n) is 11.5. The quantitative estimate of drug-likeness (QED) is 0.854. The largest absolute Gasteiger partial charge is 0.465 e. The Bertz CT molecular complexity index is 567. The Balaban J connectivity index is 2.02. The van der Waals surface area contributed by atoms with E-state index in [2.05, 4.69) is 0 Å². The van der Waals surface area contributed by atoms with Gasteiger partial charge in [-0.05, 0) is 37.3 Å². The van der Waals surface area contributed by atoms with Crippen molar-refractivity contribution in [3.63, 3.8) is 0 Å². The summed E-state index contributed by atoms with van der Waals surface area (Å²) in [6.45, 7) is 1.11. The standard InChI is InChI=1S/C14H18N2O3S/c1-19-14(18)12-9-3-2-4-10(9)20-13(12)16-7-8(6-15)5-11(16)17/h8H,2-7,15H2,1H3. The topological polar surface area (TPSA) is 72.6 Å². The van der Waals surface area contributed by atoms with Gasteiger partial charge in [0.2, 0.25) is 5.91 Å². The summed E-state index contributed by atoms with van der Waals surface area (Å²) in [6, 6.07) is 0. The molecule has 6 heteroatoms. The molecule has 1 unspecified atom stereocenters. The molecule has 3 rings (SSSR count). The van der Waals surface area contributed by atoms with Crippen molar-refractivity contribution in [2.75, 3.05) is 25.1 Å². The molecule has 0 bridgehead atoms. The van der Waals surface area contributed by atoms with Gasteiger partial charge < -0.3 is 15.4 Å². The van der Waals surface area contributed by atoms with Crippen LogP contribution in [0.1, 0.15) is 33.6 Å². The second-order valence-corrected chi connectivity index (χ2v) is 6.42. The summed E-state index contributed by atoms with van der Waals surface area (Å²) in [5.41, 5.74) is 7.36. The van der Waals surface area contributed by atoms with Crippen LogP contribution in [0.25, 0.3) is 0 Å². The number of esters is 1. The number of rotatable bonds is 3. The van der Waals surface area contributed by atoms with E-state index >= 15 is 0 Å². The van der Waals surface area contributed by atoms with Crippen LogP contribution in [0.2, 0.25) is 0 Å². The average Bonchev–Trinajstić information content (AvgIpc) is 3.10. The smallest absolute Gasteiger partial charge is 0.341 e. The molecule has 1 amide bonds. The van der Waals surface area contributed by atoms with Crippen molar-refractivity contribution in [1.29, 1.82) is 0 Å². The van der Waals surface area contributed by atoms with E-state index in [0.717, 1.165) is 29.8 Å². The van der Waals surface area contributed by atoms with Crippen LogP contribution in [0, 0.1) is 5.92 Å². The van der Waals surface area contributed by atoms with Gasteiger partial charge in [-0.3, -0.25) is 4.79 Å². The number of hydrogen-bond donors (Lipinski definition) is 1. The fourth-order valence-electron chi connectivity index (χ4n) is 3.03. The number of hydrogen-bond acceptors (Lipinski definition) is 5. The van der Waals surface area contributed by atoms with Crippen LogP contribution in [0.5, 0.6) is 0 Å². The van der Waals surface area contributed by atoms with Gasteiger partial charge in [0.15, 0.2) is 0 Å². The average molecular weight is 294 g/mol. The van der Waals surface area contributed by atoms with E-state index < -0.39 is 0 Å². The van der Waals surface area contributed by atoms with Crippen molar-refractivity contribution >= 4 is 28.2 Å². The molecular weight excluding hydrogens is 276 g/mol. The van der Waals surface area contributed by atoms with Gasteiger partial charge in [-0.2, -0.15) is 0 Å². The zero-order chi connectivity index (χ0) is 14.3. The number of fused-ring (bicyclic) bond motifs is 1. The number of nitrogens with two attached hydrogens (primary N) is 1. The first-order chi connectivity index (χ1) is 9.65. The number of thiophene rings is 1. The van der Waals surface area contributed by atoms with Gasteiger partial charge in [-0.25, -0.2) is 4.79 Å². The third-order valence-corrected chi connectivity index (χ3v) is 5.39. The molecule has 20 heavy (non-hydrogen) atoms. The maximum Gasteiger partial charge on any atom is 0.341 e. The van der Waals surface area contributed by atoms with Crippen molar-refractivity contribution in [2.45, 2.75) is 25.7 Å². The number of carbonyl (C=O) groups excluding carboxylic acids is 2. The predicted molar refractivity (Wildman–Crippen MR) is 77.2 cm³/mol. The Labute approximate surface area is 121 Å². The molecule has 1 atom stereocenters. The number of nitrogens with zero attached hydrogens (tertiary/aromatic N) is 1. The molecule has 1 aliphatic carbocycles. The van der Waals surface area contributed by atoms with Crippen molar-refractivity contribution in [2.24, 2.45) is 11.7 Å². The Kier molecular flexibility index (Phi) is 3.52. The third-order valence-electron chi connectivity index (χ3n) is 4.08. The maximum atomic E-state index is 12.2. The molecule has 2 N–H and O–H groups in total. The number of ether oxygens (including phenoxy) is 1. The Morgan fingerprint density at radius 3 is 2.95 bits per heavy atom. The van der Waals surface area contributed by atoms with Gasteiger partial charge in [0.05, 0.1) is 12.7 Å². The molecule has 5 nitrogen and oxygen atoms in total. The van der Waals surface area contributed by atoms with Gasteiger partial charge >= 0.3 is 5.97 Å². The molecule has 1 aromatic heterocycles. The molecule has 1 saturated heterocycles. The second-order valence-electron chi connectivity index (χ2n) is 5.34. The molecule has 1 aromatic rings. The predicted octanol–water partition coefficient (Wildman–Crippen LogP) is 1.33. The molecule has 1 aliphatic heterocycles. The summed E-state index contributed by atoms with van der Waals surface area (Å²) in [4.78, 5) is 27.2. The monoisotopic (exact) mass is 294 g/mol. The fourth-order valence-corrected chi connectivity index (χ4v) is 4.43. The number of amides is 1. The molecular formula is C14H18N2O3S.